The average Bonchev–Trinajstić information content (AvgIpc) is 1.91. The van der Waals surface area contributed by atoms with E-state index in [1.165, 1.54) is 6.39 Å². The van der Waals surface area contributed by atoms with Gasteiger partial charge in [0.2, 0.25) is 5.22 Å². The first-order valence-electron chi connectivity index (χ1n) is 1.55. The lowest BCUT2D eigenvalue weighted by Crippen LogP contribution is -1.54. The zero-order chi connectivity index (χ0) is 5.28. The Morgan fingerprint density at radius 2 is 2.29 bits per heavy atom. The van der Waals surface area contributed by atoms with Crippen LogP contribution in [0, 0.1) is 0 Å². The summed E-state index contributed by atoms with van der Waals surface area (Å²) in [6.07, 6.45) is 1.19. The van der Waals surface area contributed by atoms with E-state index in [0.29, 0.717) is 0 Å². The molecule has 0 aliphatic carbocycles. The van der Waals surface area contributed by atoms with Gasteiger partial charge in [-0.25, -0.2) is 4.98 Å². The van der Waals surface area contributed by atoms with Gasteiger partial charge in [0.05, 0.1) is 0 Å². The first-order chi connectivity index (χ1) is 3.30. The summed E-state index contributed by atoms with van der Waals surface area (Å²) in [6, 6.07) is 0. The number of oxazole rings is 1. The Labute approximate surface area is 50.1 Å². The molecule has 0 atom stereocenters. The molecule has 0 amide bonds. The van der Waals surface area contributed by atoms with Crippen LogP contribution in [0.15, 0.2) is 10.8 Å². The van der Waals surface area contributed by atoms with Gasteiger partial charge in [0.1, 0.15) is 0 Å². The molecule has 0 saturated heterocycles. The van der Waals surface area contributed by atoms with Crippen molar-refractivity contribution in [3.8, 4) is 0 Å². The third-order valence-electron chi connectivity index (χ3n) is 0.484. The Bertz CT molecular complexity index is 145. The van der Waals surface area contributed by atoms with Gasteiger partial charge in [-0.1, -0.05) is 11.6 Å². The topological polar surface area (TPSA) is 26.0 Å². The van der Waals surface area contributed by atoms with Crippen molar-refractivity contribution in [3.63, 3.8) is 0 Å². The zero-order valence-electron chi connectivity index (χ0n) is 3.19. The number of hydrogen-bond donors (Lipinski definition) is 0. The molecule has 0 aliphatic rings. The third-order valence-corrected chi connectivity index (χ3v) is 1.12. The summed E-state index contributed by atoms with van der Waals surface area (Å²) >= 11 is 10.6. The monoisotopic (exact) mass is 137 g/mol. The lowest BCUT2D eigenvalue weighted by molar-refractivity contribution is 0.560. The number of aromatic nitrogens is 1. The van der Waals surface area contributed by atoms with Crippen LogP contribution in [-0.2, 0) is 0 Å². The number of rotatable bonds is 0. The molecule has 0 fully saturated rings. The SMILES string of the molecule is Clc1ncoc1Cl. The largest absolute Gasteiger partial charge is 0.430 e. The van der Waals surface area contributed by atoms with E-state index in [9.17, 15) is 0 Å². The number of halogens is 2. The molecule has 1 aromatic rings. The smallest absolute Gasteiger partial charge is 0.232 e. The van der Waals surface area contributed by atoms with E-state index in [1.54, 1.807) is 0 Å². The predicted molar refractivity (Wildman–Crippen MR) is 26.5 cm³/mol. The quantitative estimate of drug-likeness (QED) is 0.547. The molecule has 0 aromatic carbocycles. The lowest BCUT2D eigenvalue weighted by atomic mass is 11.0. The highest BCUT2D eigenvalue weighted by Crippen LogP contribution is 2.17. The van der Waals surface area contributed by atoms with E-state index in [1.807, 2.05) is 0 Å². The maximum Gasteiger partial charge on any atom is 0.232 e. The summed E-state index contributed by atoms with van der Waals surface area (Å²) in [5, 5.41) is 0.350. The molecule has 38 valence electrons. The van der Waals surface area contributed by atoms with Crippen molar-refractivity contribution >= 4 is 23.2 Å². The number of hydrogen-bond acceptors (Lipinski definition) is 2. The molecule has 2 nitrogen and oxygen atoms in total. The van der Waals surface area contributed by atoms with Crippen molar-refractivity contribution in [2.24, 2.45) is 0 Å². The molecule has 4 heteroatoms. The Hall–Kier alpha value is -0.210. The maximum atomic E-state index is 5.29. The van der Waals surface area contributed by atoms with Crippen molar-refractivity contribution in [1.82, 2.24) is 4.98 Å². The van der Waals surface area contributed by atoms with Crippen molar-refractivity contribution < 1.29 is 4.42 Å². The van der Waals surface area contributed by atoms with Gasteiger partial charge in [-0.2, -0.15) is 0 Å². The fraction of sp³-hybridized carbons (Fsp3) is 0. The highest BCUT2D eigenvalue weighted by atomic mass is 35.5. The molecular weight excluding hydrogens is 137 g/mol. The standard InChI is InChI=1S/C3HCl2NO/c4-2-3(5)7-1-6-2/h1H. The van der Waals surface area contributed by atoms with E-state index >= 15 is 0 Å². The molecule has 7 heavy (non-hydrogen) atoms. The van der Waals surface area contributed by atoms with E-state index in [-0.39, 0.29) is 10.4 Å². The highest BCUT2D eigenvalue weighted by molar-refractivity contribution is 6.39. The van der Waals surface area contributed by atoms with Gasteiger partial charge >= 0.3 is 0 Å². The molecule has 0 spiro atoms. The Morgan fingerprint density at radius 1 is 1.57 bits per heavy atom. The number of nitrogens with zero attached hydrogens (tertiary/aromatic N) is 1. The van der Waals surface area contributed by atoms with Crippen LogP contribution >= 0.6 is 23.2 Å². The maximum absolute atomic E-state index is 5.29. The summed E-state index contributed by atoms with van der Waals surface area (Å²) in [6.45, 7) is 0. The third kappa shape index (κ3) is 0.868. The van der Waals surface area contributed by atoms with Gasteiger partial charge in [-0.3, -0.25) is 0 Å². The molecule has 0 N–H and O–H groups in total. The summed E-state index contributed by atoms with van der Waals surface area (Å²) in [7, 11) is 0. The van der Waals surface area contributed by atoms with Crippen LogP contribution in [0.2, 0.25) is 10.4 Å². The highest BCUT2D eigenvalue weighted by Gasteiger charge is 1.96. The lowest BCUT2D eigenvalue weighted by Gasteiger charge is -1.70. The first kappa shape index (κ1) is 4.94. The molecule has 1 heterocycles. The Morgan fingerprint density at radius 3 is 2.43 bits per heavy atom. The van der Waals surface area contributed by atoms with Crippen LogP contribution in [0.1, 0.15) is 0 Å². The molecule has 0 radical (unpaired) electrons. The van der Waals surface area contributed by atoms with Crippen molar-refractivity contribution in [3.05, 3.63) is 16.8 Å². The van der Waals surface area contributed by atoms with Crippen LogP contribution in [0.3, 0.4) is 0 Å². The average molecular weight is 138 g/mol. The van der Waals surface area contributed by atoms with Gasteiger partial charge in [0.15, 0.2) is 11.5 Å². The normalized spacial score (nSPS) is 9.43. The summed E-state index contributed by atoms with van der Waals surface area (Å²) in [5.41, 5.74) is 0. The molecule has 0 bridgehead atoms. The van der Waals surface area contributed by atoms with Crippen LogP contribution in [0.5, 0.6) is 0 Å². The predicted octanol–water partition coefficient (Wildman–Crippen LogP) is 1.98. The van der Waals surface area contributed by atoms with Crippen LogP contribution in [0.4, 0.5) is 0 Å². The van der Waals surface area contributed by atoms with Crippen LogP contribution in [-0.4, -0.2) is 4.98 Å². The Kier molecular flexibility index (Phi) is 1.21. The first-order valence-corrected chi connectivity index (χ1v) is 2.31. The fourth-order valence-corrected chi connectivity index (χ4v) is 0.391. The van der Waals surface area contributed by atoms with Crippen molar-refractivity contribution in [2.75, 3.05) is 0 Å². The van der Waals surface area contributed by atoms with Gasteiger partial charge in [0.25, 0.3) is 0 Å². The molecule has 0 saturated carbocycles. The molecule has 1 aromatic heterocycles. The van der Waals surface area contributed by atoms with E-state index < -0.39 is 0 Å². The van der Waals surface area contributed by atoms with E-state index in [2.05, 4.69) is 9.40 Å². The molecule has 0 unspecified atom stereocenters. The van der Waals surface area contributed by atoms with E-state index in [0.717, 1.165) is 0 Å². The minimum Gasteiger partial charge on any atom is -0.430 e. The van der Waals surface area contributed by atoms with Gasteiger partial charge in [-0.15, -0.1) is 0 Å². The van der Waals surface area contributed by atoms with Crippen molar-refractivity contribution in [2.45, 2.75) is 0 Å². The zero-order valence-corrected chi connectivity index (χ0v) is 4.70. The van der Waals surface area contributed by atoms with Gasteiger partial charge in [-0.05, 0) is 11.6 Å². The minimum absolute atomic E-state index is 0.140. The van der Waals surface area contributed by atoms with Crippen LogP contribution in [0.25, 0.3) is 0 Å². The molecular formula is C3HCl2NO. The molecule has 1 rings (SSSR count). The van der Waals surface area contributed by atoms with Gasteiger partial charge < -0.3 is 4.42 Å². The molecule has 0 aliphatic heterocycles. The second kappa shape index (κ2) is 1.72. The van der Waals surface area contributed by atoms with Crippen LogP contribution < -0.4 is 0 Å². The second-order valence-corrected chi connectivity index (χ2v) is 1.62. The summed E-state index contributed by atoms with van der Waals surface area (Å²) < 4.78 is 4.49. The van der Waals surface area contributed by atoms with Crippen molar-refractivity contribution in [1.29, 1.82) is 0 Å². The summed E-state index contributed by atoms with van der Waals surface area (Å²) in [5.74, 6) is 0. The van der Waals surface area contributed by atoms with Gasteiger partial charge in [0, 0.05) is 0 Å². The van der Waals surface area contributed by atoms with E-state index in [4.69, 9.17) is 23.2 Å². The minimum atomic E-state index is 0.140. The fourth-order valence-electron chi connectivity index (χ4n) is 0.218. The second-order valence-electron chi connectivity index (χ2n) is 0.917. The summed E-state index contributed by atoms with van der Waals surface area (Å²) in [4.78, 5) is 3.48. The Balaban J connectivity index is 3.12.